The van der Waals surface area contributed by atoms with Crippen LogP contribution in [0, 0.1) is 6.92 Å². The van der Waals surface area contributed by atoms with Crippen molar-refractivity contribution in [1.82, 2.24) is 4.98 Å². The summed E-state index contributed by atoms with van der Waals surface area (Å²) in [4.78, 5) is 4.54. The highest BCUT2D eigenvalue weighted by atomic mass is 79.9. The minimum Gasteiger partial charge on any atom is -0.331 e. The Morgan fingerprint density at radius 1 is 1.21 bits per heavy atom. The summed E-state index contributed by atoms with van der Waals surface area (Å²) in [6.45, 7) is 1.99. The Morgan fingerprint density at radius 3 is 2.84 bits per heavy atom. The van der Waals surface area contributed by atoms with Crippen molar-refractivity contribution < 1.29 is 0 Å². The Kier molecular flexibility index (Phi) is 3.48. The lowest BCUT2D eigenvalue weighted by Gasteiger charge is -2.04. The molecule has 1 aromatic heterocycles. The Morgan fingerprint density at radius 2 is 2.05 bits per heavy atom. The van der Waals surface area contributed by atoms with E-state index >= 15 is 0 Å². The summed E-state index contributed by atoms with van der Waals surface area (Å²) in [5, 5.41) is 4.92. The van der Waals surface area contributed by atoms with Gasteiger partial charge in [-0.2, -0.15) is 0 Å². The molecule has 96 valence electrons. The van der Waals surface area contributed by atoms with Crippen LogP contribution in [0.25, 0.3) is 10.2 Å². The maximum atomic E-state index is 6.12. The molecule has 3 rings (SSSR count). The summed E-state index contributed by atoms with van der Waals surface area (Å²) in [6.07, 6.45) is 0. The van der Waals surface area contributed by atoms with E-state index < -0.39 is 0 Å². The van der Waals surface area contributed by atoms with Crippen molar-refractivity contribution in [3.8, 4) is 0 Å². The number of fused-ring (bicyclic) bond motifs is 1. The number of aromatic nitrogens is 1. The van der Waals surface area contributed by atoms with Crippen molar-refractivity contribution in [2.75, 3.05) is 5.32 Å². The normalized spacial score (nSPS) is 10.9. The second-order valence-corrected chi connectivity index (χ2v) is 6.57. The van der Waals surface area contributed by atoms with E-state index in [2.05, 4.69) is 32.3 Å². The van der Waals surface area contributed by atoms with Crippen molar-refractivity contribution in [1.29, 1.82) is 0 Å². The number of halogens is 2. The first kappa shape index (κ1) is 12.9. The van der Waals surface area contributed by atoms with Gasteiger partial charge in [0.05, 0.1) is 10.2 Å². The molecular weight excluding hydrogens is 344 g/mol. The fraction of sp³-hybridized carbons (Fsp3) is 0.0714. The highest BCUT2D eigenvalue weighted by Gasteiger charge is 2.05. The lowest BCUT2D eigenvalue weighted by atomic mass is 10.2. The van der Waals surface area contributed by atoms with Gasteiger partial charge in [0.25, 0.3) is 0 Å². The van der Waals surface area contributed by atoms with Crippen LogP contribution in [0.4, 0.5) is 10.8 Å². The van der Waals surface area contributed by atoms with E-state index in [1.54, 1.807) is 11.3 Å². The Bertz CT molecular complexity index is 754. The summed E-state index contributed by atoms with van der Waals surface area (Å²) in [6, 6.07) is 12.0. The van der Waals surface area contributed by atoms with Gasteiger partial charge in [0.2, 0.25) is 0 Å². The second-order valence-electron chi connectivity index (χ2n) is 4.22. The van der Waals surface area contributed by atoms with E-state index in [1.165, 1.54) is 0 Å². The Hall–Kier alpha value is -1.10. The van der Waals surface area contributed by atoms with Crippen LogP contribution >= 0.6 is 38.9 Å². The van der Waals surface area contributed by atoms with E-state index in [0.717, 1.165) is 36.1 Å². The fourth-order valence-corrected chi connectivity index (χ4v) is 3.36. The van der Waals surface area contributed by atoms with Crippen LogP contribution in [0.15, 0.2) is 40.9 Å². The molecule has 0 aliphatic rings. The molecule has 0 saturated heterocycles. The number of thiazole rings is 1. The molecule has 0 aliphatic heterocycles. The van der Waals surface area contributed by atoms with Crippen molar-refractivity contribution in [2.45, 2.75) is 6.92 Å². The number of hydrogen-bond acceptors (Lipinski definition) is 3. The summed E-state index contributed by atoms with van der Waals surface area (Å²) < 4.78 is 2.21. The third-order valence-electron chi connectivity index (χ3n) is 2.77. The highest BCUT2D eigenvalue weighted by molar-refractivity contribution is 9.10. The van der Waals surface area contributed by atoms with E-state index in [0.29, 0.717) is 0 Å². The predicted octanol–water partition coefficient (Wildman–Crippen LogP) is 5.76. The summed E-state index contributed by atoms with van der Waals surface area (Å²) in [7, 11) is 0. The quantitative estimate of drug-likeness (QED) is 0.633. The number of aryl methyl sites for hydroxylation is 1. The maximum Gasteiger partial charge on any atom is 0.188 e. The first-order valence-electron chi connectivity index (χ1n) is 5.71. The molecule has 0 saturated carbocycles. The fourth-order valence-electron chi connectivity index (χ4n) is 1.75. The zero-order valence-corrected chi connectivity index (χ0v) is 13.2. The van der Waals surface area contributed by atoms with E-state index in [4.69, 9.17) is 11.6 Å². The number of hydrogen-bond donors (Lipinski definition) is 1. The Labute approximate surface area is 128 Å². The molecule has 0 radical (unpaired) electrons. The van der Waals surface area contributed by atoms with Gasteiger partial charge in [-0.05, 0) is 42.8 Å². The second kappa shape index (κ2) is 5.12. The molecular formula is C14H10BrClN2S. The third kappa shape index (κ3) is 2.76. The molecule has 2 aromatic carbocycles. The monoisotopic (exact) mass is 352 g/mol. The van der Waals surface area contributed by atoms with E-state index in [-0.39, 0.29) is 0 Å². The number of benzene rings is 2. The molecule has 3 aromatic rings. The molecule has 0 spiro atoms. The minimum atomic E-state index is 0.758. The number of rotatable bonds is 2. The van der Waals surface area contributed by atoms with Gasteiger partial charge in [0, 0.05) is 15.2 Å². The van der Waals surface area contributed by atoms with Crippen molar-refractivity contribution in [2.24, 2.45) is 0 Å². The van der Waals surface area contributed by atoms with Crippen LogP contribution < -0.4 is 5.32 Å². The number of nitrogens with one attached hydrogen (secondary N) is 1. The van der Waals surface area contributed by atoms with Crippen LogP contribution in [-0.2, 0) is 0 Å². The summed E-state index contributed by atoms with van der Waals surface area (Å²) >= 11 is 11.2. The molecule has 19 heavy (non-hydrogen) atoms. The summed E-state index contributed by atoms with van der Waals surface area (Å²) in [5.74, 6) is 0. The summed E-state index contributed by atoms with van der Waals surface area (Å²) in [5.41, 5.74) is 3.02. The molecule has 0 amide bonds. The largest absolute Gasteiger partial charge is 0.331 e. The molecule has 0 fully saturated rings. The molecule has 0 atom stereocenters. The van der Waals surface area contributed by atoms with E-state index in [9.17, 15) is 0 Å². The van der Waals surface area contributed by atoms with E-state index in [1.807, 2.05) is 37.3 Å². The van der Waals surface area contributed by atoms with Gasteiger partial charge in [-0.1, -0.05) is 44.9 Å². The SMILES string of the molecule is Cc1ccc(Nc2nc3ccc(Br)cc3s2)cc1Cl. The van der Waals surface area contributed by atoms with Gasteiger partial charge in [0.15, 0.2) is 5.13 Å². The first-order chi connectivity index (χ1) is 9.11. The molecule has 0 aliphatic carbocycles. The van der Waals surface area contributed by atoms with Gasteiger partial charge in [-0.25, -0.2) is 4.98 Å². The van der Waals surface area contributed by atoms with Crippen molar-refractivity contribution >= 4 is 59.9 Å². The van der Waals surface area contributed by atoms with Crippen LogP contribution in [-0.4, -0.2) is 4.98 Å². The topological polar surface area (TPSA) is 24.9 Å². The molecule has 1 heterocycles. The lowest BCUT2D eigenvalue weighted by molar-refractivity contribution is 1.42. The van der Waals surface area contributed by atoms with Crippen LogP contribution in [0.2, 0.25) is 5.02 Å². The third-order valence-corrected chi connectivity index (χ3v) is 4.61. The molecule has 5 heteroatoms. The van der Waals surface area contributed by atoms with Gasteiger partial charge >= 0.3 is 0 Å². The number of anilines is 2. The molecule has 0 unspecified atom stereocenters. The average molecular weight is 354 g/mol. The number of nitrogens with zero attached hydrogens (tertiary/aromatic N) is 1. The first-order valence-corrected chi connectivity index (χ1v) is 7.70. The molecule has 1 N–H and O–H groups in total. The van der Waals surface area contributed by atoms with Crippen LogP contribution in [0.1, 0.15) is 5.56 Å². The van der Waals surface area contributed by atoms with Gasteiger partial charge in [-0.3, -0.25) is 0 Å². The standard InChI is InChI=1S/C14H10BrClN2S/c1-8-2-4-10(7-11(8)16)17-14-18-12-5-3-9(15)6-13(12)19-14/h2-7H,1H3,(H,17,18). The lowest BCUT2D eigenvalue weighted by Crippen LogP contribution is -1.89. The molecule has 2 nitrogen and oxygen atoms in total. The van der Waals surface area contributed by atoms with Crippen LogP contribution in [0.3, 0.4) is 0 Å². The predicted molar refractivity (Wildman–Crippen MR) is 86.8 cm³/mol. The van der Waals surface area contributed by atoms with Gasteiger partial charge in [-0.15, -0.1) is 0 Å². The highest BCUT2D eigenvalue weighted by Crippen LogP contribution is 2.31. The van der Waals surface area contributed by atoms with Crippen LogP contribution in [0.5, 0.6) is 0 Å². The van der Waals surface area contributed by atoms with Crippen molar-refractivity contribution in [3.05, 3.63) is 51.5 Å². The zero-order valence-electron chi connectivity index (χ0n) is 10.1. The maximum absolute atomic E-state index is 6.12. The molecule has 0 bridgehead atoms. The average Bonchev–Trinajstić information content (AvgIpc) is 2.75. The van der Waals surface area contributed by atoms with Crippen molar-refractivity contribution in [3.63, 3.8) is 0 Å². The van der Waals surface area contributed by atoms with Gasteiger partial charge < -0.3 is 5.32 Å². The van der Waals surface area contributed by atoms with Gasteiger partial charge in [0.1, 0.15) is 0 Å². The minimum absolute atomic E-state index is 0.758. The Balaban J connectivity index is 1.94. The smallest absolute Gasteiger partial charge is 0.188 e. The zero-order chi connectivity index (χ0) is 13.4.